The zero-order valence-corrected chi connectivity index (χ0v) is 16.2. The molecule has 0 saturated carbocycles. The van der Waals surface area contributed by atoms with Crippen LogP contribution in [0.1, 0.15) is 42.5 Å². The van der Waals surface area contributed by atoms with Gasteiger partial charge in [-0.05, 0) is 44.2 Å². The number of hydrogen-bond donors (Lipinski definition) is 2. The fourth-order valence-electron chi connectivity index (χ4n) is 2.93. The Hall–Kier alpha value is -3.09. The van der Waals surface area contributed by atoms with E-state index in [0.29, 0.717) is 17.8 Å². The van der Waals surface area contributed by atoms with Crippen molar-refractivity contribution < 1.29 is 23.9 Å². The first-order valence-corrected chi connectivity index (χ1v) is 9.25. The Balaban J connectivity index is 2.08. The molecule has 1 aliphatic rings. The van der Waals surface area contributed by atoms with Gasteiger partial charge in [-0.1, -0.05) is 23.8 Å². The molecule has 0 bridgehead atoms. The normalized spacial score (nSPS) is 13.9. The summed E-state index contributed by atoms with van der Waals surface area (Å²) in [6, 6.07) is 6.74. The Labute approximate surface area is 164 Å². The molecule has 1 aliphatic carbocycles. The molecule has 150 valence electrons. The molecule has 0 saturated heterocycles. The topological polar surface area (TPSA) is 93.7 Å². The quantitative estimate of drug-likeness (QED) is 0.405. The minimum absolute atomic E-state index is 0.123. The van der Waals surface area contributed by atoms with Gasteiger partial charge in [0.25, 0.3) is 5.91 Å². The van der Waals surface area contributed by atoms with Crippen LogP contribution in [-0.2, 0) is 19.1 Å². The van der Waals surface area contributed by atoms with Crippen LogP contribution in [-0.4, -0.2) is 38.6 Å². The minimum Gasteiger partial charge on any atom is -0.466 e. The average Bonchev–Trinajstić information content (AvgIpc) is 2.73. The summed E-state index contributed by atoms with van der Waals surface area (Å²) in [6.45, 7) is 0.543. The lowest BCUT2D eigenvalue weighted by atomic mass is 9.97. The molecule has 28 heavy (non-hydrogen) atoms. The molecule has 7 heteroatoms. The van der Waals surface area contributed by atoms with Crippen LogP contribution in [0.15, 0.2) is 47.7 Å². The Morgan fingerprint density at radius 2 is 1.89 bits per heavy atom. The molecule has 0 radical (unpaired) electrons. The summed E-state index contributed by atoms with van der Waals surface area (Å²) in [6.07, 6.45) is 8.71. The number of methoxy groups -OCH3 is 2. The van der Waals surface area contributed by atoms with Gasteiger partial charge in [0.2, 0.25) is 0 Å². The van der Waals surface area contributed by atoms with Crippen LogP contribution in [0.3, 0.4) is 0 Å². The van der Waals surface area contributed by atoms with E-state index in [1.54, 1.807) is 24.3 Å². The number of nitrogens with one attached hydrogen (secondary N) is 2. The van der Waals surface area contributed by atoms with E-state index in [-0.39, 0.29) is 11.6 Å². The number of rotatable bonds is 8. The summed E-state index contributed by atoms with van der Waals surface area (Å²) in [5, 5.41) is 5.71. The first-order valence-electron chi connectivity index (χ1n) is 9.25. The summed E-state index contributed by atoms with van der Waals surface area (Å²) in [7, 11) is 2.41. The van der Waals surface area contributed by atoms with E-state index >= 15 is 0 Å². The zero-order chi connectivity index (χ0) is 20.4. The highest BCUT2D eigenvalue weighted by atomic mass is 16.5. The van der Waals surface area contributed by atoms with E-state index in [2.05, 4.69) is 26.2 Å². The Kier molecular flexibility index (Phi) is 8.27. The van der Waals surface area contributed by atoms with E-state index < -0.39 is 11.9 Å². The molecular weight excluding hydrogens is 360 g/mol. The molecule has 0 aromatic heterocycles. The van der Waals surface area contributed by atoms with E-state index in [9.17, 15) is 14.4 Å². The Bertz CT molecular complexity index is 783. The molecule has 1 aromatic rings. The fraction of sp³-hybridized carbons (Fsp3) is 0.381. The van der Waals surface area contributed by atoms with E-state index in [1.807, 2.05) is 0 Å². The van der Waals surface area contributed by atoms with E-state index in [1.165, 1.54) is 32.6 Å². The molecule has 1 aromatic carbocycles. The number of allylic oxidation sites excluding steroid dienone is 1. The van der Waals surface area contributed by atoms with Gasteiger partial charge in [0.15, 0.2) is 0 Å². The smallest absolute Gasteiger partial charge is 0.354 e. The van der Waals surface area contributed by atoms with Gasteiger partial charge in [-0.3, -0.25) is 4.79 Å². The molecular formula is C21H26N2O5. The van der Waals surface area contributed by atoms with Crippen LogP contribution >= 0.6 is 0 Å². The summed E-state index contributed by atoms with van der Waals surface area (Å²) < 4.78 is 9.23. The predicted octanol–water partition coefficient (Wildman–Crippen LogP) is 2.95. The van der Waals surface area contributed by atoms with Crippen LogP contribution in [0.5, 0.6) is 0 Å². The maximum Gasteiger partial charge on any atom is 0.354 e. The number of hydrogen-bond acceptors (Lipinski definition) is 6. The van der Waals surface area contributed by atoms with Gasteiger partial charge in [0.05, 0.1) is 31.5 Å². The molecule has 0 unspecified atom stereocenters. The van der Waals surface area contributed by atoms with Crippen molar-refractivity contribution in [1.29, 1.82) is 0 Å². The third kappa shape index (κ3) is 6.26. The highest BCUT2D eigenvalue weighted by molar-refractivity contribution is 6.03. The largest absolute Gasteiger partial charge is 0.466 e. The number of carbonyl (C=O) groups is 3. The lowest BCUT2D eigenvalue weighted by molar-refractivity contribution is -0.138. The van der Waals surface area contributed by atoms with Gasteiger partial charge in [0.1, 0.15) is 5.70 Å². The van der Waals surface area contributed by atoms with Crippen LogP contribution in [0.2, 0.25) is 0 Å². The summed E-state index contributed by atoms with van der Waals surface area (Å²) in [5.74, 6) is -1.72. The van der Waals surface area contributed by atoms with Gasteiger partial charge in [-0.15, -0.1) is 0 Å². The first-order chi connectivity index (χ1) is 13.5. The van der Waals surface area contributed by atoms with Crippen molar-refractivity contribution in [3.8, 4) is 0 Å². The molecule has 7 nitrogen and oxygen atoms in total. The standard InChI is InChI=1S/C21H26N2O5/c1-27-19(24)14-18(21(26)28-2)23-17-11-7-6-10-16(17)20(25)22-13-12-15-8-4-3-5-9-15/h6-8,10-11,14,23H,3-5,9,12-13H2,1-2H3,(H,22,25)/b18-14+. The SMILES string of the molecule is COC(=O)/C=C(/Nc1ccccc1C(=O)NCCC1=CCCCC1)C(=O)OC. The predicted molar refractivity (Wildman–Crippen MR) is 106 cm³/mol. The van der Waals surface area contributed by atoms with Gasteiger partial charge in [-0.25, -0.2) is 9.59 Å². The summed E-state index contributed by atoms with van der Waals surface area (Å²) in [5.41, 5.74) is 2.01. The second-order valence-corrected chi connectivity index (χ2v) is 6.36. The average molecular weight is 386 g/mol. The molecule has 2 rings (SSSR count). The third-order valence-corrected chi connectivity index (χ3v) is 4.43. The second kappa shape index (κ2) is 10.9. The molecule has 1 amide bonds. The summed E-state index contributed by atoms with van der Waals surface area (Å²) >= 11 is 0. The molecule has 0 fully saturated rings. The fourth-order valence-corrected chi connectivity index (χ4v) is 2.93. The van der Waals surface area contributed by atoms with Gasteiger partial charge >= 0.3 is 11.9 Å². The highest BCUT2D eigenvalue weighted by Crippen LogP contribution is 2.20. The van der Waals surface area contributed by atoms with Crippen molar-refractivity contribution in [1.82, 2.24) is 5.32 Å². The second-order valence-electron chi connectivity index (χ2n) is 6.36. The van der Waals surface area contributed by atoms with Crippen molar-refractivity contribution in [2.75, 3.05) is 26.1 Å². The molecule has 0 atom stereocenters. The van der Waals surface area contributed by atoms with Crippen LogP contribution < -0.4 is 10.6 Å². The maximum absolute atomic E-state index is 12.6. The van der Waals surface area contributed by atoms with E-state index in [0.717, 1.165) is 25.3 Å². The number of esters is 2. The lowest BCUT2D eigenvalue weighted by Gasteiger charge is -2.15. The van der Waals surface area contributed by atoms with Gasteiger partial charge in [0, 0.05) is 6.54 Å². The van der Waals surface area contributed by atoms with Crippen molar-refractivity contribution in [2.24, 2.45) is 0 Å². The first kappa shape index (κ1) is 21.2. The van der Waals surface area contributed by atoms with Crippen LogP contribution in [0.4, 0.5) is 5.69 Å². The summed E-state index contributed by atoms with van der Waals surface area (Å²) in [4.78, 5) is 36.0. The van der Waals surface area contributed by atoms with E-state index in [4.69, 9.17) is 0 Å². The van der Waals surface area contributed by atoms with Crippen LogP contribution in [0.25, 0.3) is 0 Å². The van der Waals surface area contributed by atoms with Crippen molar-refractivity contribution in [2.45, 2.75) is 32.1 Å². The van der Waals surface area contributed by atoms with Crippen molar-refractivity contribution in [3.63, 3.8) is 0 Å². The number of ether oxygens (including phenoxy) is 2. The highest BCUT2D eigenvalue weighted by Gasteiger charge is 2.17. The van der Waals surface area contributed by atoms with Crippen molar-refractivity contribution in [3.05, 3.63) is 53.3 Å². The zero-order valence-electron chi connectivity index (χ0n) is 16.2. The van der Waals surface area contributed by atoms with Crippen LogP contribution in [0, 0.1) is 0 Å². The Morgan fingerprint density at radius 1 is 1.11 bits per heavy atom. The molecule has 0 spiro atoms. The number of para-hydroxylation sites is 1. The van der Waals surface area contributed by atoms with Gasteiger partial charge < -0.3 is 20.1 Å². The molecule has 2 N–H and O–H groups in total. The minimum atomic E-state index is -0.746. The maximum atomic E-state index is 12.6. The van der Waals surface area contributed by atoms with Crippen molar-refractivity contribution >= 4 is 23.5 Å². The lowest BCUT2D eigenvalue weighted by Crippen LogP contribution is -2.26. The molecule has 0 heterocycles. The number of anilines is 1. The molecule has 0 aliphatic heterocycles. The van der Waals surface area contributed by atoms with Gasteiger partial charge in [-0.2, -0.15) is 0 Å². The Morgan fingerprint density at radius 3 is 2.57 bits per heavy atom. The third-order valence-electron chi connectivity index (χ3n) is 4.43. The number of benzene rings is 1. The monoisotopic (exact) mass is 386 g/mol. The number of amides is 1. The number of carbonyl (C=O) groups excluding carboxylic acids is 3.